The maximum absolute atomic E-state index is 12.8. The lowest BCUT2D eigenvalue weighted by atomic mass is 9.95. The van der Waals surface area contributed by atoms with Crippen LogP contribution in [0.2, 0.25) is 5.02 Å². The van der Waals surface area contributed by atoms with E-state index in [-0.39, 0.29) is 27.9 Å². The van der Waals surface area contributed by atoms with Gasteiger partial charge < -0.3 is 5.32 Å². The van der Waals surface area contributed by atoms with E-state index in [4.69, 9.17) is 11.6 Å². The molecule has 6 nitrogen and oxygen atoms in total. The van der Waals surface area contributed by atoms with Crippen LogP contribution in [0.15, 0.2) is 29.2 Å². The predicted octanol–water partition coefficient (Wildman–Crippen LogP) is 2.48. The Kier molecular flexibility index (Phi) is 6.78. The third-order valence-electron chi connectivity index (χ3n) is 5.61. The molecule has 1 aliphatic heterocycles. The molecule has 0 aromatic heterocycles. The predicted molar refractivity (Wildman–Crippen MR) is 106 cm³/mol. The first-order chi connectivity index (χ1) is 12.9. The van der Waals surface area contributed by atoms with Crippen molar-refractivity contribution in [1.82, 2.24) is 14.5 Å². The fourth-order valence-corrected chi connectivity index (χ4v) is 5.77. The number of benzene rings is 1. The van der Waals surface area contributed by atoms with Gasteiger partial charge in [-0.2, -0.15) is 4.31 Å². The van der Waals surface area contributed by atoms with Crippen LogP contribution in [-0.2, 0) is 14.8 Å². The van der Waals surface area contributed by atoms with Gasteiger partial charge >= 0.3 is 0 Å². The topological polar surface area (TPSA) is 69.7 Å². The van der Waals surface area contributed by atoms with E-state index in [2.05, 4.69) is 10.2 Å². The van der Waals surface area contributed by atoms with Gasteiger partial charge in [0.25, 0.3) is 0 Å². The van der Waals surface area contributed by atoms with Crippen molar-refractivity contribution >= 4 is 27.5 Å². The maximum Gasteiger partial charge on any atom is 0.244 e. The molecule has 27 heavy (non-hydrogen) atoms. The standard InChI is InChI=1S/C19H28ClN3O3S/c1-15(19(24)21-16-7-3-2-4-8-16)22-11-13-23(14-12-22)27(25,26)18-10-6-5-9-17(18)20/h5-6,9-10,15-16H,2-4,7-8,11-14H2,1H3,(H,21,24)/t15-/m1/s1. The van der Waals surface area contributed by atoms with Crippen LogP contribution >= 0.6 is 11.6 Å². The average Bonchev–Trinajstić information content (AvgIpc) is 2.68. The smallest absolute Gasteiger partial charge is 0.244 e. The highest BCUT2D eigenvalue weighted by Gasteiger charge is 2.33. The maximum atomic E-state index is 12.8. The Morgan fingerprint density at radius 1 is 1.11 bits per heavy atom. The molecule has 3 rings (SSSR count). The number of hydrogen-bond donors (Lipinski definition) is 1. The summed E-state index contributed by atoms with van der Waals surface area (Å²) >= 11 is 6.07. The second kappa shape index (κ2) is 8.90. The minimum absolute atomic E-state index is 0.0457. The van der Waals surface area contributed by atoms with Crippen molar-refractivity contribution in [3.8, 4) is 0 Å². The second-order valence-corrected chi connectivity index (χ2v) is 9.70. The molecular formula is C19H28ClN3O3S. The fraction of sp³-hybridized carbons (Fsp3) is 0.632. The Labute approximate surface area is 166 Å². The number of nitrogens with one attached hydrogen (secondary N) is 1. The molecule has 0 spiro atoms. The summed E-state index contributed by atoms with van der Waals surface area (Å²) in [7, 11) is -3.61. The van der Waals surface area contributed by atoms with E-state index < -0.39 is 10.0 Å². The zero-order valence-electron chi connectivity index (χ0n) is 15.7. The third kappa shape index (κ3) is 4.83. The summed E-state index contributed by atoms with van der Waals surface area (Å²) in [5, 5.41) is 3.40. The monoisotopic (exact) mass is 413 g/mol. The molecule has 1 saturated carbocycles. The molecule has 1 aromatic rings. The summed E-state index contributed by atoms with van der Waals surface area (Å²) in [6.45, 7) is 3.67. The van der Waals surface area contributed by atoms with Gasteiger partial charge in [0.1, 0.15) is 4.90 Å². The summed E-state index contributed by atoms with van der Waals surface area (Å²) in [6.07, 6.45) is 5.73. The van der Waals surface area contributed by atoms with Crippen molar-refractivity contribution in [2.45, 2.75) is 56.0 Å². The van der Waals surface area contributed by atoms with Crippen LogP contribution in [0.4, 0.5) is 0 Å². The minimum atomic E-state index is -3.61. The largest absolute Gasteiger partial charge is 0.352 e. The Hall–Kier alpha value is -1.15. The van der Waals surface area contributed by atoms with Crippen molar-refractivity contribution < 1.29 is 13.2 Å². The van der Waals surface area contributed by atoms with Crippen molar-refractivity contribution in [2.24, 2.45) is 0 Å². The number of sulfonamides is 1. The summed E-state index contributed by atoms with van der Waals surface area (Å²) in [5.41, 5.74) is 0. The Morgan fingerprint density at radius 2 is 1.74 bits per heavy atom. The molecule has 0 bridgehead atoms. The highest BCUT2D eigenvalue weighted by atomic mass is 35.5. The molecule has 2 fully saturated rings. The van der Waals surface area contributed by atoms with Gasteiger partial charge in [0.15, 0.2) is 0 Å². The zero-order chi connectivity index (χ0) is 19.4. The van der Waals surface area contributed by atoms with Gasteiger partial charge in [-0.25, -0.2) is 8.42 Å². The van der Waals surface area contributed by atoms with Gasteiger partial charge in [-0.3, -0.25) is 9.69 Å². The number of carbonyl (C=O) groups is 1. The van der Waals surface area contributed by atoms with Gasteiger partial charge in [0, 0.05) is 32.2 Å². The molecule has 0 radical (unpaired) electrons. The number of rotatable bonds is 5. The van der Waals surface area contributed by atoms with Gasteiger partial charge in [-0.15, -0.1) is 0 Å². The Bertz CT molecular complexity index is 757. The highest BCUT2D eigenvalue weighted by Crippen LogP contribution is 2.25. The molecule has 0 unspecified atom stereocenters. The molecule has 1 aliphatic carbocycles. The number of nitrogens with zero attached hydrogens (tertiary/aromatic N) is 2. The Morgan fingerprint density at radius 3 is 2.37 bits per heavy atom. The molecule has 150 valence electrons. The van der Waals surface area contributed by atoms with Crippen molar-refractivity contribution in [1.29, 1.82) is 0 Å². The van der Waals surface area contributed by atoms with Crippen LogP contribution in [0.25, 0.3) is 0 Å². The van der Waals surface area contributed by atoms with Gasteiger partial charge in [0.2, 0.25) is 15.9 Å². The van der Waals surface area contributed by atoms with Crippen LogP contribution in [0.1, 0.15) is 39.0 Å². The normalized spacial score (nSPS) is 21.7. The lowest BCUT2D eigenvalue weighted by Gasteiger charge is -2.37. The van der Waals surface area contributed by atoms with Crippen LogP contribution in [0, 0.1) is 0 Å². The fourth-order valence-electron chi connectivity index (χ4n) is 3.86. The average molecular weight is 414 g/mol. The van der Waals surface area contributed by atoms with E-state index >= 15 is 0 Å². The number of halogens is 1. The number of carbonyl (C=O) groups excluding carboxylic acids is 1. The molecule has 1 amide bonds. The lowest BCUT2D eigenvalue weighted by molar-refractivity contribution is -0.127. The van der Waals surface area contributed by atoms with E-state index in [0.717, 1.165) is 12.8 Å². The first kappa shape index (κ1) is 20.6. The van der Waals surface area contributed by atoms with E-state index in [1.807, 2.05) is 6.92 Å². The molecule has 1 aromatic carbocycles. The molecule has 1 atom stereocenters. The van der Waals surface area contributed by atoms with Crippen LogP contribution < -0.4 is 5.32 Å². The van der Waals surface area contributed by atoms with Gasteiger partial charge in [-0.05, 0) is 31.9 Å². The second-order valence-electron chi connectivity index (χ2n) is 7.39. The Balaban J connectivity index is 1.56. The molecule has 1 heterocycles. The highest BCUT2D eigenvalue weighted by molar-refractivity contribution is 7.89. The third-order valence-corrected chi connectivity index (χ3v) is 8.00. The zero-order valence-corrected chi connectivity index (χ0v) is 17.3. The lowest BCUT2D eigenvalue weighted by Crippen LogP contribution is -2.55. The van der Waals surface area contributed by atoms with E-state index in [1.165, 1.54) is 29.6 Å². The first-order valence-electron chi connectivity index (χ1n) is 9.68. The summed E-state index contributed by atoms with van der Waals surface area (Å²) in [6, 6.07) is 6.54. The molecule has 2 aliphatic rings. The molecular weight excluding hydrogens is 386 g/mol. The van der Waals surface area contributed by atoms with Gasteiger partial charge in [-0.1, -0.05) is 43.0 Å². The number of hydrogen-bond acceptors (Lipinski definition) is 4. The molecule has 1 saturated heterocycles. The SMILES string of the molecule is C[C@H](C(=O)NC1CCCCC1)N1CCN(S(=O)(=O)c2ccccc2Cl)CC1. The molecule has 1 N–H and O–H groups in total. The van der Waals surface area contributed by atoms with E-state index in [1.54, 1.807) is 18.2 Å². The number of piperazine rings is 1. The van der Waals surface area contributed by atoms with Gasteiger partial charge in [0.05, 0.1) is 11.1 Å². The van der Waals surface area contributed by atoms with Crippen LogP contribution in [0.5, 0.6) is 0 Å². The van der Waals surface area contributed by atoms with E-state index in [9.17, 15) is 13.2 Å². The molecule has 8 heteroatoms. The van der Waals surface area contributed by atoms with Crippen molar-refractivity contribution in [3.05, 3.63) is 29.3 Å². The number of amides is 1. The van der Waals surface area contributed by atoms with Crippen LogP contribution in [-0.4, -0.2) is 61.8 Å². The first-order valence-corrected chi connectivity index (χ1v) is 11.5. The summed E-state index contributed by atoms with van der Waals surface area (Å²) in [5.74, 6) is 0.0457. The summed E-state index contributed by atoms with van der Waals surface area (Å²) < 4.78 is 27.1. The van der Waals surface area contributed by atoms with Crippen molar-refractivity contribution in [2.75, 3.05) is 26.2 Å². The van der Waals surface area contributed by atoms with Crippen molar-refractivity contribution in [3.63, 3.8) is 0 Å². The minimum Gasteiger partial charge on any atom is -0.352 e. The summed E-state index contributed by atoms with van der Waals surface area (Å²) in [4.78, 5) is 14.7. The van der Waals surface area contributed by atoms with E-state index in [0.29, 0.717) is 26.2 Å². The quantitative estimate of drug-likeness (QED) is 0.805. The van der Waals surface area contributed by atoms with Crippen LogP contribution in [0.3, 0.4) is 0 Å².